The Labute approximate surface area is 110 Å². The summed E-state index contributed by atoms with van der Waals surface area (Å²) in [5, 5.41) is 15.2. The van der Waals surface area contributed by atoms with Crippen molar-refractivity contribution in [3.05, 3.63) is 35.7 Å². The van der Waals surface area contributed by atoms with Crippen molar-refractivity contribution in [2.45, 2.75) is 6.61 Å². The number of benzene rings is 1. The number of nitrogen functional groups attached to an aromatic ring is 1. The molecular weight excluding hydrogens is 246 g/mol. The zero-order valence-electron chi connectivity index (χ0n) is 10.8. The second kappa shape index (κ2) is 5.38. The highest BCUT2D eigenvalue weighted by molar-refractivity contribution is 5.95. The fourth-order valence-corrected chi connectivity index (χ4v) is 1.55. The van der Waals surface area contributed by atoms with E-state index in [4.69, 9.17) is 20.6 Å². The molecule has 0 radical (unpaired) electrons. The van der Waals surface area contributed by atoms with Crippen LogP contribution in [0.15, 0.2) is 24.4 Å². The molecule has 1 heterocycles. The third-order valence-electron chi connectivity index (χ3n) is 2.46. The van der Waals surface area contributed by atoms with Crippen molar-refractivity contribution < 1.29 is 9.47 Å². The molecule has 7 nitrogen and oxygen atoms in total. The minimum Gasteiger partial charge on any atom is -0.497 e. The van der Waals surface area contributed by atoms with Gasteiger partial charge >= 0.3 is 0 Å². The summed E-state index contributed by atoms with van der Waals surface area (Å²) in [6, 6.07) is 5.08. The van der Waals surface area contributed by atoms with Crippen LogP contribution in [0.3, 0.4) is 0 Å². The van der Waals surface area contributed by atoms with E-state index in [9.17, 15) is 0 Å². The summed E-state index contributed by atoms with van der Waals surface area (Å²) >= 11 is 0. The van der Waals surface area contributed by atoms with Gasteiger partial charge in [0, 0.05) is 18.7 Å². The topological polar surface area (TPSA) is 99.0 Å². The van der Waals surface area contributed by atoms with E-state index >= 15 is 0 Å². The molecule has 0 amide bonds. The van der Waals surface area contributed by atoms with Crippen LogP contribution in [0.2, 0.25) is 0 Å². The Morgan fingerprint density at radius 3 is 2.68 bits per heavy atom. The van der Waals surface area contributed by atoms with Crippen LogP contribution in [0, 0.1) is 5.41 Å². The molecule has 0 aliphatic carbocycles. The average Bonchev–Trinajstić information content (AvgIpc) is 2.81. The van der Waals surface area contributed by atoms with E-state index in [1.54, 1.807) is 43.2 Å². The van der Waals surface area contributed by atoms with Crippen molar-refractivity contribution in [2.75, 3.05) is 7.11 Å². The lowest BCUT2D eigenvalue weighted by atomic mass is 10.2. The molecule has 0 spiro atoms. The second-order valence-electron chi connectivity index (χ2n) is 3.98. The van der Waals surface area contributed by atoms with Crippen LogP contribution in [0.1, 0.15) is 11.3 Å². The third-order valence-corrected chi connectivity index (χ3v) is 2.46. The van der Waals surface area contributed by atoms with E-state index in [-0.39, 0.29) is 5.84 Å². The molecule has 0 bridgehead atoms. The highest BCUT2D eigenvalue weighted by Gasteiger charge is 2.06. The lowest BCUT2D eigenvalue weighted by Crippen LogP contribution is -2.11. The fraction of sp³-hybridized carbons (Fsp3) is 0.250. The van der Waals surface area contributed by atoms with Gasteiger partial charge in [0.25, 0.3) is 0 Å². The van der Waals surface area contributed by atoms with Crippen LogP contribution < -0.4 is 15.2 Å². The van der Waals surface area contributed by atoms with E-state index in [1.807, 2.05) is 0 Å². The molecule has 0 atom stereocenters. The first-order valence-electron chi connectivity index (χ1n) is 5.60. The smallest absolute Gasteiger partial charge is 0.134 e. The normalized spacial score (nSPS) is 10.2. The van der Waals surface area contributed by atoms with Crippen LogP contribution in [-0.4, -0.2) is 27.9 Å². The Kier molecular flexibility index (Phi) is 3.65. The summed E-state index contributed by atoms with van der Waals surface area (Å²) in [6.07, 6.45) is 1.77. The number of aromatic nitrogens is 3. The van der Waals surface area contributed by atoms with Crippen LogP contribution in [0.4, 0.5) is 0 Å². The summed E-state index contributed by atoms with van der Waals surface area (Å²) in [7, 11) is 3.33. The Morgan fingerprint density at radius 2 is 2.11 bits per heavy atom. The molecule has 3 N–H and O–H groups in total. The van der Waals surface area contributed by atoms with Crippen molar-refractivity contribution in [3.63, 3.8) is 0 Å². The molecule has 0 fully saturated rings. The number of ether oxygens (including phenoxy) is 2. The van der Waals surface area contributed by atoms with Gasteiger partial charge in [0.1, 0.15) is 29.6 Å². The van der Waals surface area contributed by atoms with E-state index in [0.717, 1.165) is 5.69 Å². The predicted molar refractivity (Wildman–Crippen MR) is 69.3 cm³/mol. The molecule has 0 saturated heterocycles. The van der Waals surface area contributed by atoms with Crippen molar-refractivity contribution >= 4 is 5.84 Å². The summed E-state index contributed by atoms with van der Waals surface area (Å²) in [5.74, 6) is 1.11. The summed E-state index contributed by atoms with van der Waals surface area (Å²) < 4.78 is 12.3. The van der Waals surface area contributed by atoms with Gasteiger partial charge < -0.3 is 15.2 Å². The highest BCUT2D eigenvalue weighted by atomic mass is 16.5. The summed E-state index contributed by atoms with van der Waals surface area (Å²) in [4.78, 5) is 0. The maximum Gasteiger partial charge on any atom is 0.134 e. The predicted octanol–water partition coefficient (Wildman–Crippen LogP) is 0.687. The molecule has 0 aliphatic heterocycles. The Morgan fingerprint density at radius 1 is 1.37 bits per heavy atom. The third kappa shape index (κ3) is 3.21. The first-order valence-corrected chi connectivity index (χ1v) is 5.60. The number of methoxy groups -OCH3 is 1. The molecule has 0 unspecified atom stereocenters. The first kappa shape index (κ1) is 12.9. The molecule has 0 saturated carbocycles. The van der Waals surface area contributed by atoms with Crippen molar-refractivity contribution in [3.8, 4) is 11.5 Å². The molecular formula is C12H15N5O2. The number of nitrogens with two attached hydrogens (primary N) is 1. The molecule has 1 aromatic heterocycles. The van der Waals surface area contributed by atoms with Gasteiger partial charge in [0.05, 0.1) is 13.3 Å². The minimum absolute atomic E-state index is 0.0387. The zero-order chi connectivity index (χ0) is 13.8. The number of amidine groups is 1. The van der Waals surface area contributed by atoms with Crippen LogP contribution in [0.25, 0.3) is 0 Å². The summed E-state index contributed by atoms with van der Waals surface area (Å²) in [6.45, 7) is 0.290. The van der Waals surface area contributed by atoms with E-state index in [0.29, 0.717) is 23.7 Å². The van der Waals surface area contributed by atoms with Gasteiger partial charge in [0.2, 0.25) is 0 Å². The highest BCUT2D eigenvalue weighted by Crippen LogP contribution is 2.23. The standard InChI is InChI=1S/C12H15N5O2/c1-17-6-9(15-16-17)7-19-11-4-8(12(13)14)3-10(5-11)18-2/h3-6H,7H2,1-2H3,(H3,13,14). The number of nitrogens with one attached hydrogen (secondary N) is 1. The number of hydrogen-bond acceptors (Lipinski definition) is 5. The number of aryl methyl sites for hydroxylation is 1. The molecule has 19 heavy (non-hydrogen) atoms. The lowest BCUT2D eigenvalue weighted by Gasteiger charge is -2.09. The second-order valence-corrected chi connectivity index (χ2v) is 3.98. The van der Waals surface area contributed by atoms with Crippen LogP contribution in [-0.2, 0) is 13.7 Å². The molecule has 7 heteroatoms. The summed E-state index contributed by atoms with van der Waals surface area (Å²) in [5.41, 5.74) is 6.73. The molecule has 2 rings (SSSR count). The van der Waals surface area contributed by atoms with E-state index < -0.39 is 0 Å². The maximum atomic E-state index is 7.44. The molecule has 2 aromatic rings. The van der Waals surface area contributed by atoms with E-state index in [1.165, 1.54) is 0 Å². The number of rotatable bonds is 5. The molecule has 1 aromatic carbocycles. The Bertz CT molecular complexity index is 594. The quantitative estimate of drug-likeness (QED) is 0.609. The van der Waals surface area contributed by atoms with Gasteiger partial charge in [-0.25, -0.2) is 0 Å². The first-order chi connectivity index (χ1) is 9.08. The number of nitrogens with zero attached hydrogens (tertiary/aromatic N) is 3. The lowest BCUT2D eigenvalue weighted by molar-refractivity contribution is 0.298. The van der Waals surface area contributed by atoms with Gasteiger partial charge in [-0.1, -0.05) is 5.21 Å². The van der Waals surface area contributed by atoms with E-state index in [2.05, 4.69) is 10.3 Å². The Hall–Kier alpha value is -2.57. The van der Waals surface area contributed by atoms with Gasteiger partial charge in [-0.2, -0.15) is 0 Å². The fourth-order valence-electron chi connectivity index (χ4n) is 1.55. The average molecular weight is 261 g/mol. The van der Waals surface area contributed by atoms with Crippen LogP contribution in [0.5, 0.6) is 11.5 Å². The minimum atomic E-state index is -0.0387. The van der Waals surface area contributed by atoms with Crippen LogP contribution >= 0.6 is 0 Å². The maximum absolute atomic E-state index is 7.44. The van der Waals surface area contributed by atoms with Crippen molar-refractivity contribution in [1.29, 1.82) is 5.41 Å². The van der Waals surface area contributed by atoms with Crippen molar-refractivity contribution in [2.24, 2.45) is 12.8 Å². The van der Waals surface area contributed by atoms with Gasteiger partial charge in [-0.15, -0.1) is 5.10 Å². The zero-order valence-corrected chi connectivity index (χ0v) is 10.8. The Balaban J connectivity index is 2.15. The molecule has 0 aliphatic rings. The van der Waals surface area contributed by atoms with Gasteiger partial charge in [-0.3, -0.25) is 10.1 Å². The van der Waals surface area contributed by atoms with Gasteiger partial charge in [0.15, 0.2) is 0 Å². The monoisotopic (exact) mass is 261 g/mol. The largest absolute Gasteiger partial charge is 0.497 e. The van der Waals surface area contributed by atoms with Crippen molar-refractivity contribution in [1.82, 2.24) is 15.0 Å². The van der Waals surface area contributed by atoms with Gasteiger partial charge in [-0.05, 0) is 12.1 Å². The SMILES string of the molecule is COc1cc(OCc2cn(C)nn2)cc(C(=N)N)c1. The molecule has 100 valence electrons. The number of hydrogen-bond donors (Lipinski definition) is 2.